The van der Waals surface area contributed by atoms with Gasteiger partial charge in [0.05, 0.1) is 5.69 Å². The van der Waals surface area contributed by atoms with Crippen LogP contribution >= 0.6 is 0 Å². The first kappa shape index (κ1) is 19.9. The second kappa shape index (κ2) is 7.13. The van der Waals surface area contributed by atoms with Crippen molar-refractivity contribution in [2.24, 2.45) is 0 Å². The van der Waals surface area contributed by atoms with E-state index in [9.17, 15) is 9.59 Å². The van der Waals surface area contributed by atoms with Crippen LogP contribution < -0.4 is 4.90 Å². The Balaban J connectivity index is 1.93. The number of carbonyl (C=O) groups is 2. The topological polar surface area (TPSA) is 46.6 Å². The summed E-state index contributed by atoms with van der Waals surface area (Å²) in [6, 6.07) is 21.5. The molecule has 0 spiro atoms. The van der Waals surface area contributed by atoms with Crippen molar-refractivity contribution in [2.45, 2.75) is 38.2 Å². The highest BCUT2D eigenvalue weighted by molar-refractivity contribution is 6.22. The maximum absolute atomic E-state index is 13.9. The van der Waals surface area contributed by atoms with Gasteiger partial charge in [0, 0.05) is 0 Å². The molecule has 1 heterocycles. The Morgan fingerprint density at radius 1 is 1.03 bits per heavy atom. The summed E-state index contributed by atoms with van der Waals surface area (Å²) in [7, 11) is 0. The number of ether oxygens (including phenoxy) is 1. The first-order chi connectivity index (χ1) is 14.3. The van der Waals surface area contributed by atoms with Gasteiger partial charge in [0.2, 0.25) is 0 Å². The molecule has 4 heteroatoms. The van der Waals surface area contributed by atoms with Crippen LogP contribution in [0.15, 0.2) is 79.4 Å². The molecule has 3 aromatic carbocycles. The lowest BCUT2D eigenvalue weighted by molar-refractivity contribution is -0.121. The van der Waals surface area contributed by atoms with Gasteiger partial charge in [-0.25, -0.2) is 9.69 Å². The molecule has 1 aliphatic heterocycles. The van der Waals surface area contributed by atoms with E-state index in [1.165, 1.54) is 4.90 Å². The molecule has 1 aliphatic rings. The van der Waals surface area contributed by atoms with Crippen molar-refractivity contribution in [3.05, 3.63) is 90.5 Å². The third-order valence-electron chi connectivity index (χ3n) is 5.44. The van der Waals surface area contributed by atoms with E-state index in [4.69, 9.17) is 4.74 Å². The largest absolute Gasteiger partial charge is 0.443 e. The van der Waals surface area contributed by atoms with Crippen LogP contribution in [0.4, 0.5) is 10.5 Å². The van der Waals surface area contributed by atoms with Crippen LogP contribution in [-0.2, 0) is 14.9 Å². The fourth-order valence-electron chi connectivity index (χ4n) is 4.20. The van der Waals surface area contributed by atoms with Crippen LogP contribution in [0, 0.1) is 0 Å². The molecule has 0 radical (unpaired) electrons. The lowest BCUT2D eigenvalue weighted by Gasteiger charge is -2.29. The minimum absolute atomic E-state index is 0.312. The minimum Gasteiger partial charge on any atom is -0.443 e. The van der Waals surface area contributed by atoms with E-state index in [0.717, 1.165) is 21.9 Å². The molecular weight excluding hydrogens is 374 g/mol. The standard InChI is InChI=1S/C26H25NO3/c1-5-16-26(20-15-14-18-10-6-7-11-19(18)17-20)21-12-8-9-13-22(21)27(23(26)28)24(29)30-25(2,3)4/h5-15,17H,1,16H2,2-4H3/t26-/m1/s1. The molecule has 0 N–H and O–H groups in total. The average molecular weight is 399 g/mol. The third-order valence-corrected chi connectivity index (χ3v) is 5.44. The van der Waals surface area contributed by atoms with Gasteiger partial charge in [-0.1, -0.05) is 60.7 Å². The number of fused-ring (bicyclic) bond motifs is 2. The maximum Gasteiger partial charge on any atom is 0.421 e. The van der Waals surface area contributed by atoms with E-state index in [2.05, 4.69) is 6.58 Å². The second-order valence-electron chi connectivity index (χ2n) is 8.60. The van der Waals surface area contributed by atoms with E-state index < -0.39 is 17.1 Å². The van der Waals surface area contributed by atoms with E-state index in [1.807, 2.05) is 60.7 Å². The first-order valence-corrected chi connectivity index (χ1v) is 10.1. The van der Waals surface area contributed by atoms with Crippen molar-refractivity contribution in [1.82, 2.24) is 0 Å². The zero-order valence-corrected chi connectivity index (χ0v) is 17.5. The SMILES string of the molecule is C=CC[C@]1(c2ccc3ccccc3c2)C(=O)N(C(=O)OC(C)(C)C)c2ccccc21. The molecule has 0 aromatic heterocycles. The van der Waals surface area contributed by atoms with Crippen molar-refractivity contribution in [1.29, 1.82) is 0 Å². The summed E-state index contributed by atoms with van der Waals surface area (Å²) in [6.07, 6.45) is 1.45. The first-order valence-electron chi connectivity index (χ1n) is 10.1. The Kier molecular flexibility index (Phi) is 4.73. The van der Waals surface area contributed by atoms with Crippen LogP contribution in [0.2, 0.25) is 0 Å². The lowest BCUT2D eigenvalue weighted by atomic mass is 9.72. The molecule has 0 unspecified atom stereocenters. The summed E-state index contributed by atoms with van der Waals surface area (Å²) < 4.78 is 5.57. The van der Waals surface area contributed by atoms with Crippen LogP contribution in [0.5, 0.6) is 0 Å². The van der Waals surface area contributed by atoms with Gasteiger partial charge < -0.3 is 4.74 Å². The van der Waals surface area contributed by atoms with Gasteiger partial charge in [-0.15, -0.1) is 6.58 Å². The smallest absolute Gasteiger partial charge is 0.421 e. The van der Waals surface area contributed by atoms with Crippen LogP contribution in [0.3, 0.4) is 0 Å². The number of para-hydroxylation sites is 1. The van der Waals surface area contributed by atoms with Crippen molar-refractivity contribution < 1.29 is 14.3 Å². The molecule has 4 nitrogen and oxygen atoms in total. The minimum atomic E-state index is -1.03. The van der Waals surface area contributed by atoms with Crippen molar-refractivity contribution in [3.63, 3.8) is 0 Å². The lowest BCUT2D eigenvalue weighted by Crippen LogP contribution is -2.45. The highest BCUT2D eigenvalue weighted by Crippen LogP contribution is 2.49. The number of allylic oxidation sites excluding steroid dienone is 1. The predicted octanol–water partition coefficient (Wildman–Crippen LogP) is 5.98. The Labute approximate surface area is 176 Å². The summed E-state index contributed by atoms with van der Waals surface area (Å²) in [6.45, 7) is 9.27. The molecule has 0 fully saturated rings. The van der Waals surface area contributed by atoms with Gasteiger partial charge in [-0.3, -0.25) is 4.79 Å². The second-order valence-corrected chi connectivity index (χ2v) is 8.60. The monoisotopic (exact) mass is 399 g/mol. The van der Waals surface area contributed by atoms with E-state index in [1.54, 1.807) is 32.9 Å². The summed E-state index contributed by atoms with van der Waals surface area (Å²) in [5.74, 6) is -0.312. The normalized spacial score (nSPS) is 18.4. The molecule has 30 heavy (non-hydrogen) atoms. The Morgan fingerprint density at radius 2 is 1.70 bits per heavy atom. The summed E-state index contributed by atoms with van der Waals surface area (Å²) in [5.41, 5.74) is 0.450. The van der Waals surface area contributed by atoms with Crippen LogP contribution in [0.25, 0.3) is 10.8 Å². The quantitative estimate of drug-likeness (QED) is 0.509. The number of rotatable bonds is 3. The zero-order chi connectivity index (χ0) is 21.5. The number of hydrogen-bond donors (Lipinski definition) is 0. The highest BCUT2D eigenvalue weighted by atomic mass is 16.6. The molecule has 0 aliphatic carbocycles. The maximum atomic E-state index is 13.9. The molecule has 0 bridgehead atoms. The summed E-state index contributed by atoms with van der Waals surface area (Å²) in [4.78, 5) is 28.1. The number of nitrogens with zero attached hydrogens (tertiary/aromatic N) is 1. The van der Waals surface area contributed by atoms with E-state index in [0.29, 0.717) is 12.1 Å². The third kappa shape index (κ3) is 3.09. The molecule has 152 valence electrons. The number of hydrogen-bond acceptors (Lipinski definition) is 3. The molecule has 3 aromatic rings. The molecule has 0 saturated carbocycles. The molecular formula is C26H25NO3. The molecule has 4 rings (SSSR count). The van der Waals surface area contributed by atoms with Gasteiger partial charge >= 0.3 is 6.09 Å². The number of benzene rings is 3. The van der Waals surface area contributed by atoms with Crippen LogP contribution in [-0.4, -0.2) is 17.6 Å². The molecule has 2 amide bonds. The highest BCUT2D eigenvalue weighted by Gasteiger charge is 2.54. The number of anilines is 1. The van der Waals surface area contributed by atoms with Crippen LogP contribution in [0.1, 0.15) is 38.3 Å². The van der Waals surface area contributed by atoms with Gasteiger partial charge in [0.1, 0.15) is 11.0 Å². The molecule has 0 saturated heterocycles. The van der Waals surface area contributed by atoms with E-state index >= 15 is 0 Å². The van der Waals surface area contributed by atoms with Gasteiger partial charge in [-0.2, -0.15) is 0 Å². The zero-order valence-electron chi connectivity index (χ0n) is 17.5. The Bertz CT molecular complexity index is 1160. The predicted molar refractivity (Wildman–Crippen MR) is 120 cm³/mol. The number of amides is 2. The number of carbonyl (C=O) groups excluding carboxylic acids is 2. The Hall–Kier alpha value is -3.40. The van der Waals surface area contributed by atoms with Gasteiger partial charge in [-0.05, 0) is 61.2 Å². The van der Waals surface area contributed by atoms with Crippen molar-refractivity contribution >= 4 is 28.5 Å². The fourth-order valence-corrected chi connectivity index (χ4v) is 4.20. The summed E-state index contributed by atoms with van der Waals surface area (Å²) >= 11 is 0. The average Bonchev–Trinajstić information content (AvgIpc) is 2.96. The Morgan fingerprint density at radius 3 is 2.40 bits per heavy atom. The van der Waals surface area contributed by atoms with Crippen molar-refractivity contribution in [2.75, 3.05) is 4.90 Å². The number of imide groups is 1. The van der Waals surface area contributed by atoms with Gasteiger partial charge in [0.15, 0.2) is 0 Å². The van der Waals surface area contributed by atoms with Crippen molar-refractivity contribution in [3.8, 4) is 0 Å². The van der Waals surface area contributed by atoms with Gasteiger partial charge in [0.25, 0.3) is 5.91 Å². The summed E-state index contributed by atoms with van der Waals surface area (Å²) in [5, 5.41) is 2.14. The fraction of sp³-hybridized carbons (Fsp3) is 0.231. The molecule has 1 atom stereocenters. The van der Waals surface area contributed by atoms with E-state index in [-0.39, 0.29) is 5.91 Å².